The van der Waals surface area contributed by atoms with Crippen molar-refractivity contribution in [2.75, 3.05) is 12.0 Å². The zero-order valence-electron chi connectivity index (χ0n) is 19.8. The van der Waals surface area contributed by atoms with Gasteiger partial charge in [0.25, 0.3) is 12.3 Å². The molecule has 2 saturated carbocycles. The van der Waals surface area contributed by atoms with E-state index in [0.29, 0.717) is 29.9 Å². The number of amides is 1. The van der Waals surface area contributed by atoms with Crippen molar-refractivity contribution in [2.45, 2.75) is 50.2 Å². The number of aryl methyl sites for hydroxylation is 2. The Morgan fingerprint density at radius 1 is 1.27 bits per heavy atom. The first-order chi connectivity index (χ1) is 17.6. The molecule has 0 spiro atoms. The molecule has 8 nitrogen and oxygen atoms in total. The summed E-state index contributed by atoms with van der Waals surface area (Å²) in [6, 6.07) is 3.90. The first-order valence-electron chi connectivity index (χ1n) is 11.9. The maximum Gasteiger partial charge on any atom is 0.284 e. The molecule has 0 aliphatic heterocycles. The van der Waals surface area contributed by atoms with Crippen molar-refractivity contribution in [3.05, 3.63) is 58.1 Å². The van der Waals surface area contributed by atoms with Crippen molar-refractivity contribution >= 4 is 23.2 Å². The third-order valence-electron chi connectivity index (χ3n) is 7.40. The molecule has 2 heterocycles. The predicted octanol–water partition coefficient (Wildman–Crippen LogP) is 4.75. The molecule has 2 aliphatic carbocycles. The molecule has 198 valence electrons. The van der Waals surface area contributed by atoms with Gasteiger partial charge in [0.1, 0.15) is 29.5 Å². The van der Waals surface area contributed by atoms with Crippen LogP contribution in [0.1, 0.15) is 65.6 Å². The minimum atomic E-state index is -2.94. The summed E-state index contributed by atoms with van der Waals surface area (Å²) in [6.07, 6.45) is 0.246. The molecule has 0 radical (unpaired) electrons. The fourth-order valence-corrected chi connectivity index (χ4v) is 6.06. The Morgan fingerprint density at radius 3 is 2.59 bits per heavy atom. The Bertz CT molecular complexity index is 1310. The molecule has 2 aromatic heterocycles. The number of alkyl halides is 3. The summed E-state index contributed by atoms with van der Waals surface area (Å²) >= 11 is 5.82. The topological polar surface area (TPSA) is 97.9 Å². The van der Waals surface area contributed by atoms with Crippen LogP contribution in [0.5, 0.6) is 0 Å². The smallest absolute Gasteiger partial charge is 0.284 e. The van der Waals surface area contributed by atoms with Crippen LogP contribution in [0, 0.1) is 17.7 Å². The van der Waals surface area contributed by atoms with Crippen LogP contribution in [0.25, 0.3) is 0 Å². The number of hydrogen-bond donors (Lipinski definition) is 2. The van der Waals surface area contributed by atoms with E-state index in [4.69, 9.17) is 11.6 Å². The van der Waals surface area contributed by atoms with Gasteiger partial charge in [-0.25, -0.2) is 22.5 Å². The number of aromatic nitrogens is 5. The summed E-state index contributed by atoms with van der Waals surface area (Å²) in [5.74, 6) is -1.09. The van der Waals surface area contributed by atoms with Crippen molar-refractivity contribution in [1.82, 2.24) is 24.5 Å². The zero-order valence-corrected chi connectivity index (χ0v) is 20.6. The average Bonchev–Trinajstić information content (AvgIpc) is 3.58. The second-order valence-corrected chi connectivity index (χ2v) is 10.2. The fraction of sp³-hybridized carbons (Fsp3) is 0.500. The maximum absolute atomic E-state index is 13.6. The lowest BCUT2D eigenvalue weighted by Gasteiger charge is -2.23. The molecule has 2 unspecified atom stereocenters. The Kier molecular flexibility index (Phi) is 6.73. The number of anilines is 1. The van der Waals surface area contributed by atoms with E-state index < -0.39 is 36.1 Å². The Labute approximate surface area is 214 Å². The van der Waals surface area contributed by atoms with Gasteiger partial charge in [-0.2, -0.15) is 15.0 Å². The van der Waals surface area contributed by atoms with E-state index in [1.807, 2.05) is 0 Å². The van der Waals surface area contributed by atoms with Crippen molar-refractivity contribution < 1.29 is 27.5 Å². The number of nitrogens with one attached hydrogen (secondary N) is 1. The van der Waals surface area contributed by atoms with Gasteiger partial charge < -0.3 is 15.0 Å². The summed E-state index contributed by atoms with van der Waals surface area (Å²) < 4.78 is 55.0. The van der Waals surface area contributed by atoms with Gasteiger partial charge in [-0.3, -0.25) is 4.79 Å². The SMILES string of the molecule is Cn1cnc(C2CC3CC(O)(c4nn(CCF)nc4C(F)F)CC3C2)c1C(=O)Nc1ccc(F)c(Cl)c1. The summed E-state index contributed by atoms with van der Waals surface area (Å²) in [5, 5.41) is 21.6. The van der Waals surface area contributed by atoms with Crippen LogP contribution >= 0.6 is 11.6 Å². The van der Waals surface area contributed by atoms with Crippen LogP contribution in [0.2, 0.25) is 5.02 Å². The van der Waals surface area contributed by atoms with E-state index in [1.165, 1.54) is 12.1 Å². The number of aliphatic hydroxyl groups is 1. The van der Waals surface area contributed by atoms with Crippen LogP contribution < -0.4 is 5.32 Å². The van der Waals surface area contributed by atoms with Crippen LogP contribution in [-0.2, 0) is 19.2 Å². The minimum absolute atomic E-state index is 0.000620. The first-order valence-corrected chi connectivity index (χ1v) is 12.3. The highest BCUT2D eigenvalue weighted by Gasteiger charge is 2.53. The van der Waals surface area contributed by atoms with Crippen LogP contribution in [0.3, 0.4) is 0 Å². The van der Waals surface area contributed by atoms with Crippen molar-refractivity contribution in [3.63, 3.8) is 0 Å². The number of halogens is 5. The predicted molar refractivity (Wildman–Crippen MR) is 126 cm³/mol. The molecule has 3 aromatic rings. The van der Waals surface area contributed by atoms with E-state index >= 15 is 0 Å². The Balaban J connectivity index is 1.33. The van der Waals surface area contributed by atoms with Gasteiger partial charge in [0.2, 0.25) is 0 Å². The molecule has 0 saturated heterocycles. The lowest BCUT2D eigenvalue weighted by molar-refractivity contribution is 0.0242. The van der Waals surface area contributed by atoms with Gasteiger partial charge in [-0.15, -0.1) is 0 Å². The summed E-state index contributed by atoms with van der Waals surface area (Å²) in [5.41, 5.74) is -1.07. The first kappa shape index (κ1) is 25.7. The number of carbonyl (C=O) groups excluding carboxylic acids is 1. The largest absolute Gasteiger partial charge is 0.383 e. The molecular weight excluding hydrogens is 516 g/mol. The monoisotopic (exact) mass is 540 g/mol. The molecule has 2 fully saturated rings. The van der Waals surface area contributed by atoms with E-state index in [-0.39, 0.29) is 47.9 Å². The molecule has 2 N–H and O–H groups in total. The van der Waals surface area contributed by atoms with Crippen molar-refractivity contribution in [1.29, 1.82) is 0 Å². The van der Waals surface area contributed by atoms with E-state index in [1.54, 1.807) is 17.9 Å². The molecule has 13 heteroatoms. The lowest BCUT2D eigenvalue weighted by atomic mass is 9.89. The quantitative estimate of drug-likeness (QED) is 0.421. The van der Waals surface area contributed by atoms with Crippen molar-refractivity contribution in [3.8, 4) is 0 Å². The van der Waals surface area contributed by atoms with Crippen LogP contribution in [0.4, 0.5) is 23.2 Å². The zero-order chi connectivity index (χ0) is 26.5. The highest BCUT2D eigenvalue weighted by atomic mass is 35.5. The van der Waals surface area contributed by atoms with Crippen molar-refractivity contribution in [2.24, 2.45) is 18.9 Å². The van der Waals surface area contributed by atoms with E-state index in [9.17, 15) is 27.5 Å². The van der Waals surface area contributed by atoms with Gasteiger partial charge in [0.05, 0.1) is 23.6 Å². The third kappa shape index (κ3) is 4.72. The molecule has 5 rings (SSSR count). The van der Waals surface area contributed by atoms with Gasteiger partial charge in [-0.05, 0) is 55.7 Å². The minimum Gasteiger partial charge on any atom is -0.383 e. The fourth-order valence-electron chi connectivity index (χ4n) is 5.88. The molecule has 2 atom stereocenters. The highest BCUT2D eigenvalue weighted by Crippen LogP contribution is 2.57. The normalized spacial score (nSPS) is 25.1. The second-order valence-electron chi connectivity index (χ2n) is 9.82. The number of benzene rings is 1. The molecule has 1 aromatic carbocycles. The summed E-state index contributed by atoms with van der Waals surface area (Å²) in [7, 11) is 1.70. The number of nitrogens with zero attached hydrogens (tertiary/aromatic N) is 5. The number of carbonyl (C=O) groups is 1. The second kappa shape index (κ2) is 9.71. The van der Waals surface area contributed by atoms with E-state index in [2.05, 4.69) is 20.5 Å². The highest BCUT2D eigenvalue weighted by molar-refractivity contribution is 6.31. The maximum atomic E-state index is 13.6. The average molecular weight is 541 g/mol. The molecular formula is C24H25ClF4N6O2. The molecule has 1 amide bonds. The van der Waals surface area contributed by atoms with Gasteiger partial charge >= 0.3 is 0 Å². The number of imidazole rings is 1. The number of rotatable bonds is 7. The van der Waals surface area contributed by atoms with E-state index in [0.717, 1.165) is 10.9 Å². The Morgan fingerprint density at radius 2 is 1.97 bits per heavy atom. The summed E-state index contributed by atoms with van der Waals surface area (Å²) in [6.45, 7) is -1.07. The Hall–Kier alpha value is -2.99. The van der Waals surface area contributed by atoms with Gasteiger partial charge in [-0.1, -0.05) is 11.6 Å². The standard InChI is InChI=1S/C24H25ClF4N6O2/c1-34-11-30-18(20(34)23(36)31-15-2-3-17(27)16(25)8-15)12-6-13-9-24(37,10-14(13)7-12)21-19(22(28)29)32-35(33-21)5-4-26/h2-3,8,11-14,22,37H,4-7,9-10H2,1H3,(H,31,36). The van der Waals surface area contributed by atoms with Gasteiger partial charge in [0, 0.05) is 18.7 Å². The van der Waals surface area contributed by atoms with Crippen LogP contribution in [0.15, 0.2) is 24.5 Å². The number of hydrogen-bond acceptors (Lipinski definition) is 5. The molecule has 2 aliphatic rings. The van der Waals surface area contributed by atoms with Gasteiger partial charge in [0.15, 0.2) is 5.69 Å². The lowest BCUT2D eigenvalue weighted by Crippen LogP contribution is -2.26. The molecule has 37 heavy (non-hydrogen) atoms. The summed E-state index contributed by atoms with van der Waals surface area (Å²) in [4.78, 5) is 18.4. The number of fused-ring (bicyclic) bond motifs is 1. The third-order valence-corrected chi connectivity index (χ3v) is 7.69. The van der Waals surface area contributed by atoms with Crippen LogP contribution in [-0.4, -0.2) is 42.2 Å². The molecule has 0 bridgehead atoms.